The smallest absolute Gasteiger partial charge is 0.293 e. The van der Waals surface area contributed by atoms with E-state index in [0.717, 1.165) is 12.0 Å². The molecule has 1 unspecified atom stereocenters. The van der Waals surface area contributed by atoms with E-state index in [2.05, 4.69) is 5.32 Å². The van der Waals surface area contributed by atoms with E-state index in [1.165, 1.54) is 25.3 Å². The summed E-state index contributed by atoms with van der Waals surface area (Å²) in [5, 5.41) is 13.6. The summed E-state index contributed by atoms with van der Waals surface area (Å²) in [4.78, 5) is 22.4. The standard InChI is InChI=1S/C13H14N2O3/c16-13-10(7-8-3-1-4-8)9-5-2-6-11(15(17)18)12(9)14-13/h2,5-6,8,10H,1,3-4,7H2,(H,14,16). The number of rotatable bonds is 3. The van der Waals surface area contributed by atoms with Crippen molar-refractivity contribution >= 4 is 17.3 Å². The number of benzene rings is 1. The third-order valence-corrected chi connectivity index (χ3v) is 4.01. The Kier molecular flexibility index (Phi) is 2.54. The lowest BCUT2D eigenvalue weighted by Crippen LogP contribution is -2.19. The molecule has 0 saturated heterocycles. The number of nitrogens with one attached hydrogen (secondary N) is 1. The average Bonchev–Trinajstić information content (AvgIpc) is 2.59. The number of carbonyl (C=O) groups excluding carboxylic acids is 1. The van der Waals surface area contributed by atoms with Crippen molar-refractivity contribution in [3.8, 4) is 0 Å². The maximum atomic E-state index is 11.9. The van der Waals surface area contributed by atoms with E-state index >= 15 is 0 Å². The summed E-state index contributed by atoms with van der Waals surface area (Å²) in [6, 6.07) is 4.92. The van der Waals surface area contributed by atoms with Gasteiger partial charge in [0, 0.05) is 6.07 Å². The molecule has 1 aromatic rings. The number of amides is 1. The van der Waals surface area contributed by atoms with Crippen LogP contribution in [0.25, 0.3) is 0 Å². The third-order valence-electron chi connectivity index (χ3n) is 4.01. The minimum atomic E-state index is -0.440. The van der Waals surface area contributed by atoms with Crippen molar-refractivity contribution < 1.29 is 9.72 Å². The summed E-state index contributed by atoms with van der Waals surface area (Å²) < 4.78 is 0. The fourth-order valence-corrected chi connectivity index (χ4v) is 2.78. The molecular weight excluding hydrogens is 232 g/mol. The highest BCUT2D eigenvalue weighted by atomic mass is 16.6. The molecule has 1 fully saturated rings. The van der Waals surface area contributed by atoms with Gasteiger partial charge in [-0.05, 0) is 17.9 Å². The fourth-order valence-electron chi connectivity index (χ4n) is 2.78. The van der Waals surface area contributed by atoms with E-state index in [0.29, 0.717) is 11.6 Å². The molecular formula is C13H14N2O3. The van der Waals surface area contributed by atoms with Crippen molar-refractivity contribution in [2.75, 3.05) is 5.32 Å². The first-order valence-corrected chi connectivity index (χ1v) is 6.25. The van der Waals surface area contributed by atoms with Crippen LogP contribution < -0.4 is 5.32 Å². The van der Waals surface area contributed by atoms with Crippen molar-refractivity contribution in [2.45, 2.75) is 31.6 Å². The second-order valence-corrected chi connectivity index (χ2v) is 5.07. The van der Waals surface area contributed by atoms with E-state index in [-0.39, 0.29) is 17.5 Å². The number of nitro groups is 1. The number of fused-ring (bicyclic) bond motifs is 1. The van der Waals surface area contributed by atoms with Crippen LogP contribution >= 0.6 is 0 Å². The average molecular weight is 246 g/mol. The van der Waals surface area contributed by atoms with Gasteiger partial charge in [0.15, 0.2) is 0 Å². The van der Waals surface area contributed by atoms with Gasteiger partial charge in [-0.25, -0.2) is 0 Å². The van der Waals surface area contributed by atoms with E-state index in [1.54, 1.807) is 6.07 Å². The minimum Gasteiger partial charge on any atom is -0.320 e. The molecule has 0 aromatic heterocycles. The van der Waals surface area contributed by atoms with Gasteiger partial charge < -0.3 is 5.32 Å². The number of carbonyl (C=O) groups is 1. The molecule has 2 aliphatic rings. The monoisotopic (exact) mass is 246 g/mol. The summed E-state index contributed by atoms with van der Waals surface area (Å²) in [6.07, 6.45) is 4.41. The predicted molar refractivity (Wildman–Crippen MR) is 66.4 cm³/mol. The summed E-state index contributed by atoms with van der Waals surface area (Å²) in [5.74, 6) is 0.308. The van der Waals surface area contributed by atoms with Crippen molar-refractivity contribution in [3.63, 3.8) is 0 Å². The van der Waals surface area contributed by atoms with Crippen LogP contribution in [0, 0.1) is 16.0 Å². The van der Waals surface area contributed by atoms with Crippen molar-refractivity contribution in [2.24, 2.45) is 5.92 Å². The molecule has 1 N–H and O–H groups in total. The number of hydrogen-bond donors (Lipinski definition) is 1. The van der Waals surface area contributed by atoms with Gasteiger partial charge in [0.1, 0.15) is 5.69 Å². The van der Waals surface area contributed by atoms with Gasteiger partial charge in [0.25, 0.3) is 5.69 Å². The Bertz CT molecular complexity index is 523. The maximum absolute atomic E-state index is 11.9. The Morgan fingerprint density at radius 2 is 2.17 bits per heavy atom. The molecule has 5 nitrogen and oxygen atoms in total. The van der Waals surface area contributed by atoms with Crippen LogP contribution in [0.15, 0.2) is 18.2 Å². The SMILES string of the molecule is O=C1Nc2c(cccc2[N+](=O)[O-])C1CC1CCC1. The Morgan fingerprint density at radius 3 is 2.78 bits per heavy atom. The Labute approximate surface area is 104 Å². The molecule has 0 bridgehead atoms. The summed E-state index contributed by atoms with van der Waals surface area (Å²) in [6.45, 7) is 0. The summed E-state index contributed by atoms with van der Waals surface area (Å²) >= 11 is 0. The van der Waals surface area contributed by atoms with Crippen molar-refractivity contribution in [1.29, 1.82) is 0 Å². The van der Waals surface area contributed by atoms with Crippen LogP contribution in [-0.2, 0) is 4.79 Å². The van der Waals surface area contributed by atoms with Crippen LogP contribution in [0.1, 0.15) is 37.2 Å². The first kappa shape index (κ1) is 11.2. The largest absolute Gasteiger partial charge is 0.320 e. The molecule has 0 radical (unpaired) electrons. The zero-order valence-electron chi connectivity index (χ0n) is 9.89. The van der Waals surface area contributed by atoms with Gasteiger partial charge in [-0.3, -0.25) is 14.9 Å². The molecule has 1 saturated carbocycles. The predicted octanol–water partition coefficient (Wildman–Crippen LogP) is 2.82. The molecule has 1 amide bonds. The topological polar surface area (TPSA) is 72.2 Å². The van der Waals surface area contributed by atoms with Gasteiger partial charge in [-0.15, -0.1) is 0 Å². The van der Waals surface area contributed by atoms with E-state index in [1.807, 2.05) is 6.07 Å². The summed E-state index contributed by atoms with van der Waals surface area (Å²) in [7, 11) is 0. The second-order valence-electron chi connectivity index (χ2n) is 5.07. The van der Waals surface area contributed by atoms with Crippen molar-refractivity contribution in [3.05, 3.63) is 33.9 Å². The highest BCUT2D eigenvalue weighted by molar-refractivity contribution is 6.05. The highest BCUT2D eigenvalue weighted by Crippen LogP contribution is 2.44. The third kappa shape index (κ3) is 1.66. The van der Waals surface area contributed by atoms with E-state index in [9.17, 15) is 14.9 Å². The van der Waals surface area contributed by atoms with Gasteiger partial charge >= 0.3 is 0 Å². The normalized spacial score (nSPS) is 22.2. The second kappa shape index (κ2) is 4.08. The highest BCUT2D eigenvalue weighted by Gasteiger charge is 2.37. The zero-order valence-corrected chi connectivity index (χ0v) is 9.89. The zero-order chi connectivity index (χ0) is 12.7. The first-order valence-electron chi connectivity index (χ1n) is 6.25. The quantitative estimate of drug-likeness (QED) is 0.658. The number of hydrogen-bond acceptors (Lipinski definition) is 3. The van der Waals surface area contributed by atoms with Crippen LogP contribution in [-0.4, -0.2) is 10.8 Å². The molecule has 5 heteroatoms. The first-order chi connectivity index (χ1) is 8.66. The van der Waals surface area contributed by atoms with Crippen LogP contribution in [0.3, 0.4) is 0 Å². The number of para-hydroxylation sites is 1. The van der Waals surface area contributed by atoms with Crippen LogP contribution in [0.4, 0.5) is 11.4 Å². The maximum Gasteiger partial charge on any atom is 0.293 e. The van der Waals surface area contributed by atoms with Crippen LogP contribution in [0.2, 0.25) is 0 Å². The lowest BCUT2D eigenvalue weighted by Gasteiger charge is -2.27. The molecule has 0 spiro atoms. The van der Waals surface area contributed by atoms with E-state index < -0.39 is 4.92 Å². The Hall–Kier alpha value is -1.91. The van der Waals surface area contributed by atoms with Gasteiger partial charge in [0.05, 0.1) is 10.8 Å². The lowest BCUT2D eigenvalue weighted by molar-refractivity contribution is -0.383. The summed E-state index contributed by atoms with van der Waals surface area (Å²) in [5.41, 5.74) is 1.19. The van der Waals surface area contributed by atoms with Crippen molar-refractivity contribution in [1.82, 2.24) is 0 Å². The van der Waals surface area contributed by atoms with Gasteiger partial charge in [-0.2, -0.15) is 0 Å². The minimum absolute atomic E-state index is 0.00282. The van der Waals surface area contributed by atoms with Gasteiger partial charge in [-0.1, -0.05) is 31.4 Å². The molecule has 1 aromatic carbocycles. The molecule has 3 rings (SSSR count). The molecule has 94 valence electrons. The lowest BCUT2D eigenvalue weighted by atomic mass is 9.77. The van der Waals surface area contributed by atoms with Gasteiger partial charge in [0.2, 0.25) is 5.91 Å². The van der Waals surface area contributed by atoms with E-state index in [4.69, 9.17) is 0 Å². The number of nitro benzene ring substituents is 1. The molecule has 18 heavy (non-hydrogen) atoms. The Balaban J connectivity index is 1.94. The molecule has 1 atom stereocenters. The number of anilines is 1. The fraction of sp³-hybridized carbons (Fsp3) is 0.462. The van der Waals surface area contributed by atoms with Crippen LogP contribution in [0.5, 0.6) is 0 Å². The molecule has 1 heterocycles. The Morgan fingerprint density at radius 1 is 1.39 bits per heavy atom. The molecule has 1 aliphatic heterocycles. The number of nitrogens with zero attached hydrogens (tertiary/aromatic N) is 1. The molecule has 1 aliphatic carbocycles.